The van der Waals surface area contributed by atoms with E-state index in [4.69, 9.17) is 9.15 Å². The highest BCUT2D eigenvalue weighted by molar-refractivity contribution is 6.03. The van der Waals surface area contributed by atoms with E-state index in [2.05, 4.69) is 10.3 Å². The first-order valence-corrected chi connectivity index (χ1v) is 11.5. The summed E-state index contributed by atoms with van der Waals surface area (Å²) in [6, 6.07) is 3.36. The lowest BCUT2D eigenvalue weighted by atomic mass is 10.0. The molecule has 1 atom stereocenters. The molecule has 35 heavy (non-hydrogen) atoms. The number of carbonyl (C=O) groups is 1. The van der Waals surface area contributed by atoms with Crippen LogP contribution < -0.4 is 15.0 Å². The Morgan fingerprint density at radius 3 is 2.43 bits per heavy atom. The molecular weight excluding hydrogens is 480 g/mol. The average Bonchev–Trinajstić information content (AvgIpc) is 3.52. The quantitative estimate of drug-likeness (QED) is 0.500. The first-order valence-electron chi connectivity index (χ1n) is 11.5. The largest absolute Gasteiger partial charge is 0.481 e. The van der Waals surface area contributed by atoms with Crippen LogP contribution in [0.2, 0.25) is 0 Å². The Balaban J connectivity index is 1.34. The van der Waals surface area contributed by atoms with Crippen LogP contribution in [0.15, 0.2) is 22.6 Å². The van der Waals surface area contributed by atoms with Gasteiger partial charge in [0.1, 0.15) is 12.2 Å². The number of halogens is 6. The Labute approximate surface area is 196 Å². The fourth-order valence-corrected chi connectivity index (χ4v) is 5.21. The first kappa shape index (κ1) is 23.8. The predicted molar refractivity (Wildman–Crippen MR) is 112 cm³/mol. The van der Waals surface area contributed by atoms with Crippen molar-refractivity contribution in [3.05, 3.63) is 35.5 Å². The van der Waals surface area contributed by atoms with Gasteiger partial charge in [-0.15, -0.1) is 0 Å². The number of nitrogens with one attached hydrogen (secondary N) is 1. The van der Waals surface area contributed by atoms with Crippen molar-refractivity contribution in [2.45, 2.75) is 81.7 Å². The zero-order valence-electron chi connectivity index (χ0n) is 18.5. The number of fused-ring (bicyclic) bond motifs is 2. The lowest BCUT2D eigenvalue weighted by Crippen LogP contribution is -2.32. The normalized spacial score (nSPS) is 25.3. The number of anilines is 2. The highest BCUT2D eigenvalue weighted by Gasteiger charge is 2.46. The molecule has 1 saturated carbocycles. The van der Waals surface area contributed by atoms with Crippen molar-refractivity contribution in [3.8, 4) is 5.75 Å². The lowest BCUT2D eigenvalue weighted by Gasteiger charge is -2.21. The lowest BCUT2D eigenvalue weighted by molar-refractivity contribution is -0.130. The maximum Gasteiger partial charge on any atom is 0.396 e. The number of rotatable bonds is 6. The molecule has 2 aliphatic heterocycles. The Morgan fingerprint density at radius 2 is 1.86 bits per heavy atom. The van der Waals surface area contributed by atoms with E-state index in [1.54, 1.807) is 0 Å². The van der Waals surface area contributed by atoms with E-state index in [-0.39, 0.29) is 43.0 Å². The fourth-order valence-electron chi connectivity index (χ4n) is 5.21. The number of nitrogens with zero attached hydrogens (tertiary/aromatic N) is 2. The molecule has 5 rings (SSSR count). The summed E-state index contributed by atoms with van der Waals surface area (Å²) in [6.45, 7) is 0. The summed E-state index contributed by atoms with van der Waals surface area (Å²) in [6.07, 6.45) is -4.05. The molecule has 0 radical (unpaired) electrons. The van der Waals surface area contributed by atoms with Gasteiger partial charge in [0.15, 0.2) is 23.4 Å². The second-order valence-corrected chi connectivity index (χ2v) is 9.29. The van der Waals surface area contributed by atoms with Gasteiger partial charge in [-0.05, 0) is 50.7 Å². The Morgan fingerprint density at radius 1 is 1.17 bits per heavy atom. The van der Waals surface area contributed by atoms with Gasteiger partial charge in [-0.25, -0.2) is 13.2 Å². The maximum absolute atomic E-state index is 14.5. The summed E-state index contributed by atoms with van der Waals surface area (Å²) in [7, 11) is 0. The number of oxazole rings is 1. The molecule has 2 saturated heterocycles. The summed E-state index contributed by atoms with van der Waals surface area (Å²) in [5.74, 6) is -6.08. The van der Waals surface area contributed by atoms with E-state index in [1.165, 1.54) is 6.07 Å². The van der Waals surface area contributed by atoms with Crippen LogP contribution in [0.3, 0.4) is 0 Å². The van der Waals surface area contributed by atoms with E-state index < -0.39 is 53.6 Å². The van der Waals surface area contributed by atoms with Crippen LogP contribution in [0.4, 0.5) is 38.0 Å². The SMILES string of the molecule is O=C(Nc1ccc(OC2CCCC2(F)F)c(F)c1)c1nc(N2C3CCC2CC3)oc1CC(F)(F)F. The third kappa shape index (κ3) is 4.79. The molecule has 6 nitrogen and oxygen atoms in total. The summed E-state index contributed by atoms with van der Waals surface area (Å²) in [4.78, 5) is 18.7. The smallest absolute Gasteiger partial charge is 0.396 e. The molecule has 3 heterocycles. The second kappa shape index (κ2) is 8.63. The number of ether oxygens (including phenoxy) is 1. The summed E-state index contributed by atoms with van der Waals surface area (Å²) in [5, 5.41) is 2.31. The molecule has 3 fully saturated rings. The van der Waals surface area contributed by atoms with Gasteiger partial charge in [0, 0.05) is 30.3 Å². The number of aromatic nitrogens is 1. The molecule has 2 bridgehead atoms. The highest BCUT2D eigenvalue weighted by Crippen LogP contribution is 2.42. The molecule has 1 amide bonds. The van der Waals surface area contributed by atoms with Crippen molar-refractivity contribution in [2.24, 2.45) is 0 Å². The zero-order chi connectivity index (χ0) is 25.0. The molecule has 1 unspecified atom stereocenters. The molecule has 190 valence electrons. The number of hydrogen-bond acceptors (Lipinski definition) is 5. The van der Waals surface area contributed by atoms with Crippen LogP contribution in [0, 0.1) is 5.82 Å². The predicted octanol–water partition coefficient (Wildman–Crippen LogP) is 5.87. The molecule has 1 aromatic heterocycles. The van der Waals surface area contributed by atoms with Crippen LogP contribution in [0.1, 0.15) is 61.2 Å². The minimum Gasteiger partial charge on any atom is -0.481 e. The third-order valence-electron chi connectivity index (χ3n) is 6.84. The minimum atomic E-state index is -4.64. The van der Waals surface area contributed by atoms with E-state index in [0.29, 0.717) is 0 Å². The summed E-state index contributed by atoms with van der Waals surface area (Å²) >= 11 is 0. The Hall–Kier alpha value is -2.92. The van der Waals surface area contributed by atoms with Gasteiger partial charge < -0.3 is 19.4 Å². The Bertz CT molecular complexity index is 1100. The van der Waals surface area contributed by atoms with E-state index >= 15 is 0 Å². The number of carbonyl (C=O) groups excluding carboxylic acids is 1. The third-order valence-corrected chi connectivity index (χ3v) is 6.84. The number of alkyl halides is 5. The van der Waals surface area contributed by atoms with Gasteiger partial charge in [0.2, 0.25) is 0 Å². The molecule has 12 heteroatoms. The number of benzene rings is 1. The summed E-state index contributed by atoms with van der Waals surface area (Å²) in [5.41, 5.74) is -0.628. The molecular formula is C23H23F6N3O3. The Kier molecular flexibility index (Phi) is 5.87. The fraction of sp³-hybridized carbons (Fsp3) is 0.565. The van der Waals surface area contributed by atoms with Crippen LogP contribution >= 0.6 is 0 Å². The van der Waals surface area contributed by atoms with Crippen LogP contribution in [-0.4, -0.2) is 41.2 Å². The van der Waals surface area contributed by atoms with E-state index in [1.807, 2.05) is 4.90 Å². The van der Waals surface area contributed by atoms with Crippen LogP contribution in [0.25, 0.3) is 0 Å². The van der Waals surface area contributed by atoms with Gasteiger partial charge >= 0.3 is 6.18 Å². The van der Waals surface area contributed by atoms with Gasteiger partial charge in [-0.1, -0.05) is 0 Å². The molecule has 1 aromatic carbocycles. The maximum atomic E-state index is 14.5. The monoisotopic (exact) mass is 503 g/mol. The zero-order valence-corrected chi connectivity index (χ0v) is 18.5. The average molecular weight is 503 g/mol. The first-order chi connectivity index (χ1) is 16.5. The minimum absolute atomic E-state index is 0.0215. The topological polar surface area (TPSA) is 67.6 Å². The van der Waals surface area contributed by atoms with Crippen molar-refractivity contribution in [3.63, 3.8) is 0 Å². The van der Waals surface area contributed by atoms with Gasteiger partial charge in [0.05, 0.1) is 0 Å². The van der Waals surface area contributed by atoms with Gasteiger partial charge in [-0.3, -0.25) is 4.79 Å². The summed E-state index contributed by atoms with van der Waals surface area (Å²) < 4.78 is 92.0. The van der Waals surface area contributed by atoms with Crippen LogP contribution in [0.5, 0.6) is 5.75 Å². The van der Waals surface area contributed by atoms with Crippen molar-refractivity contribution in [1.29, 1.82) is 0 Å². The van der Waals surface area contributed by atoms with Crippen molar-refractivity contribution in [1.82, 2.24) is 4.98 Å². The van der Waals surface area contributed by atoms with Gasteiger partial charge in [0.25, 0.3) is 17.8 Å². The molecule has 1 aliphatic carbocycles. The molecule has 0 spiro atoms. The van der Waals surface area contributed by atoms with Crippen molar-refractivity contribution < 1.29 is 40.3 Å². The van der Waals surface area contributed by atoms with Crippen molar-refractivity contribution >= 4 is 17.6 Å². The van der Waals surface area contributed by atoms with Crippen LogP contribution in [-0.2, 0) is 6.42 Å². The molecule has 2 aromatic rings. The van der Waals surface area contributed by atoms with Gasteiger partial charge in [-0.2, -0.15) is 18.2 Å². The van der Waals surface area contributed by atoms with E-state index in [9.17, 15) is 31.1 Å². The molecule has 1 N–H and O–H groups in total. The second-order valence-electron chi connectivity index (χ2n) is 9.29. The highest BCUT2D eigenvalue weighted by atomic mass is 19.4. The standard InChI is InChI=1S/C23H23F6N3O3/c24-15-10-12(3-8-16(15)34-18-2-1-9-22(18,25)26)30-20(33)19-17(11-23(27,28)29)35-21(31-19)32-13-4-5-14(32)7-6-13/h3,8,10,13-14,18H,1-2,4-7,9,11H2,(H,30,33). The number of hydrogen-bond donors (Lipinski definition) is 1. The number of amides is 1. The van der Waals surface area contributed by atoms with E-state index in [0.717, 1.165) is 37.8 Å². The molecule has 3 aliphatic rings. The van der Waals surface area contributed by atoms with Crippen molar-refractivity contribution in [2.75, 3.05) is 10.2 Å².